The van der Waals surface area contributed by atoms with Gasteiger partial charge in [0.15, 0.2) is 28.9 Å². The van der Waals surface area contributed by atoms with Gasteiger partial charge in [-0.15, -0.1) is 0 Å². The van der Waals surface area contributed by atoms with Crippen molar-refractivity contribution < 1.29 is 43.3 Å². The van der Waals surface area contributed by atoms with Crippen LogP contribution in [0.5, 0.6) is 17.2 Å². The first kappa shape index (κ1) is 36.1. The molecule has 6 rings (SSSR count). The monoisotopic (exact) mass is 688 g/mol. The Morgan fingerprint density at radius 1 is 0.680 bits per heavy atom. The maximum atomic E-state index is 14.6. The van der Waals surface area contributed by atoms with E-state index < -0.39 is 51.0 Å². The number of Topliss-reactive ketones (excluding diaryl/α,β-unsaturated/α-hetero) is 5. The number of fused-ring (bicyclic) bond motifs is 6. The first-order chi connectivity index (χ1) is 22.8. The highest BCUT2D eigenvalue weighted by molar-refractivity contribution is 6.21. The van der Waals surface area contributed by atoms with Gasteiger partial charge in [0.1, 0.15) is 40.2 Å². The topological polar surface area (TPSA) is 133 Å². The molecule has 3 heterocycles. The van der Waals surface area contributed by atoms with Crippen LogP contribution >= 0.6 is 0 Å². The van der Waals surface area contributed by atoms with Gasteiger partial charge in [-0.05, 0) is 73.6 Å². The predicted octanol–water partition coefficient (Wildman–Crippen LogP) is 7.92. The number of carbonyl (C=O) groups excluding carboxylic acids is 5. The van der Waals surface area contributed by atoms with E-state index in [0.29, 0.717) is 17.6 Å². The number of benzene rings is 1. The fourth-order valence-corrected chi connectivity index (χ4v) is 9.26. The van der Waals surface area contributed by atoms with Crippen LogP contribution in [0.4, 0.5) is 0 Å². The van der Waals surface area contributed by atoms with Gasteiger partial charge in [0, 0.05) is 29.4 Å². The van der Waals surface area contributed by atoms with Gasteiger partial charge in [-0.1, -0.05) is 41.5 Å². The number of rotatable bonds is 6. The number of hydrogen-bond donors (Lipinski definition) is 1. The summed E-state index contributed by atoms with van der Waals surface area (Å²) in [5.41, 5.74) is -3.95. The molecule has 0 amide bonds. The normalized spacial score (nSPS) is 28.3. The Bertz CT molecular complexity index is 1880. The standard InChI is InChI=1S/C41H52O9/c1-17(2)15-20-22-28(43)24(21(42)16-18(3)4)30-25(29(22)48-33-23(20)31(44)37(7,8)35(46)39(33,11)12)27-26-32(45)38(9,10)36(47)40(13,14)34(26)50-41(27,49-30)19(5)6/h17-20,27,43H,15-16H2,1-14H3/t20-,27+,41-/m1/s1. The predicted molar refractivity (Wildman–Crippen MR) is 186 cm³/mol. The van der Waals surface area contributed by atoms with Crippen LogP contribution in [0.2, 0.25) is 0 Å². The van der Waals surface area contributed by atoms with Crippen LogP contribution in [0.25, 0.3) is 0 Å². The van der Waals surface area contributed by atoms with Crippen molar-refractivity contribution in [2.24, 2.45) is 39.4 Å². The number of ketones is 5. The van der Waals surface area contributed by atoms with E-state index in [1.54, 1.807) is 55.4 Å². The first-order valence-electron chi connectivity index (χ1n) is 18.0. The zero-order chi connectivity index (χ0) is 37.6. The Labute approximate surface area is 295 Å². The lowest BCUT2D eigenvalue weighted by Crippen LogP contribution is -2.51. The van der Waals surface area contributed by atoms with Crippen molar-refractivity contribution in [1.29, 1.82) is 0 Å². The van der Waals surface area contributed by atoms with Crippen LogP contribution in [0.15, 0.2) is 22.7 Å². The highest BCUT2D eigenvalue weighted by Gasteiger charge is 2.70. The van der Waals surface area contributed by atoms with Gasteiger partial charge in [-0.2, -0.15) is 0 Å². The lowest BCUT2D eigenvalue weighted by atomic mass is 9.59. The summed E-state index contributed by atoms with van der Waals surface area (Å²) in [6.45, 7) is 25.1. The largest absolute Gasteiger partial charge is 0.507 e. The Morgan fingerprint density at radius 2 is 1.20 bits per heavy atom. The van der Waals surface area contributed by atoms with Gasteiger partial charge in [-0.3, -0.25) is 24.0 Å². The van der Waals surface area contributed by atoms with Crippen LogP contribution in [0.1, 0.15) is 143 Å². The summed E-state index contributed by atoms with van der Waals surface area (Å²) in [5.74, 6) is -5.06. The van der Waals surface area contributed by atoms with E-state index in [1.165, 1.54) is 0 Å². The van der Waals surface area contributed by atoms with Crippen LogP contribution in [0, 0.1) is 39.4 Å². The van der Waals surface area contributed by atoms with Crippen LogP contribution in [-0.2, 0) is 23.9 Å². The third-order valence-corrected chi connectivity index (χ3v) is 11.8. The third-order valence-electron chi connectivity index (χ3n) is 11.8. The molecule has 9 nitrogen and oxygen atoms in total. The number of allylic oxidation sites excluding steroid dienone is 3. The molecule has 3 aliphatic heterocycles. The number of phenols is 1. The zero-order valence-electron chi connectivity index (χ0n) is 32.0. The van der Waals surface area contributed by atoms with Crippen LogP contribution in [0.3, 0.4) is 0 Å². The van der Waals surface area contributed by atoms with Crippen molar-refractivity contribution in [3.63, 3.8) is 0 Å². The molecule has 2 aliphatic carbocycles. The molecule has 0 saturated heterocycles. The second-order valence-corrected chi connectivity index (χ2v) is 18.3. The lowest BCUT2D eigenvalue weighted by molar-refractivity contribution is -0.177. The van der Waals surface area contributed by atoms with Crippen molar-refractivity contribution in [3.8, 4) is 17.2 Å². The Balaban J connectivity index is 1.78. The summed E-state index contributed by atoms with van der Waals surface area (Å²) in [6, 6.07) is 0. The number of hydrogen-bond acceptors (Lipinski definition) is 9. The molecule has 270 valence electrons. The van der Waals surface area contributed by atoms with Crippen molar-refractivity contribution in [2.75, 3.05) is 0 Å². The average Bonchev–Trinajstić information content (AvgIpc) is 3.51. The molecule has 0 radical (unpaired) electrons. The second kappa shape index (κ2) is 10.6. The molecule has 0 unspecified atom stereocenters. The van der Waals surface area contributed by atoms with Crippen molar-refractivity contribution in [3.05, 3.63) is 39.4 Å². The molecule has 0 spiro atoms. The van der Waals surface area contributed by atoms with Gasteiger partial charge in [-0.25, -0.2) is 0 Å². The summed E-state index contributed by atoms with van der Waals surface area (Å²) in [7, 11) is 0. The van der Waals surface area contributed by atoms with Gasteiger partial charge >= 0.3 is 0 Å². The molecule has 0 bridgehead atoms. The number of phenolic OH excluding ortho intramolecular Hbond substituents is 1. The first-order valence-corrected chi connectivity index (χ1v) is 18.0. The van der Waals surface area contributed by atoms with E-state index in [1.807, 2.05) is 41.5 Å². The maximum absolute atomic E-state index is 14.6. The van der Waals surface area contributed by atoms with E-state index in [0.717, 1.165) is 0 Å². The molecule has 3 atom stereocenters. The second-order valence-electron chi connectivity index (χ2n) is 18.3. The minimum atomic E-state index is -1.56. The molecule has 50 heavy (non-hydrogen) atoms. The maximum Gasteiger partial charge on any atom is 0.264 e. The molecule has 1 N–H and O–H groups in total. The lowest BCUT2D eigenvalue weighted by Gasteiger charge is -2.45. The highest BCUT2D eigenvalue weighted by Crippen LogP contribution is 2.69. The Hall–Kier alpha value is -3.75. The van der Waals surface area contributed by atoms with Crippen LogP contribution < -0.4 is 9.47 Å². The fraction of sp³-hybridized carbons (Fsp3) is 0.634. The molecular formula is C41H52O9. The third kappa shape index (κ3) is 4.33. The Morgan fingerprint density at radius 3 is 1.70 bits per heavy atom. The minimum Gasteiger partial charge on any atom is -0.507 e. The van der Waals surface area contributed by atoms with Gasteiger partial charge in [0.2, 0.25) is 0 Å². The highest BCUT2D eigenvalue weighted by atomic mass is 16.7. The summed E-state index contributed by atoms with van der Waals surface area (Å²) in [4.78, 5) is 71.0. The number of carbonyl (C=O) groups is 5. The summed E-state index contributed by atoms with van der Waals surface area (Å²) in [6.07, 6.45) is 0.505. The smallest absolute Gasteiger partial charge is 0.264 e. The molecular weight excluding hydrogens is 636 g/mol. The quantitative estimate of drug-likeness (QED) is 0.234. The molecule has 9 heteroatoms. The van der Waals surface area contributed by atoms with Crippen molar-refractivity contribution in [2.45, 2.75) is 127 Å². The summed E-state index contributed by atoms with van der Waals surface area (Å²) in [5, 5.41) is 12.4. The number of ether oxygens (including phenoxy) is 3. The average molecular weight is 689 g/mol. The summed E-state index contributed by atoms with van der Waals surface area (Å²) >= 11 is 0. The van der Waals surface area contributed by atoms with E-state index in [4.69, 9.17) is 14.2 Å². The molecule has 0 fully saturated rings. The van der Waals surface area contributed by atoms with Gasteiger partial charge in [0.25, 0.3) is 5.79 Å². The van der Waals surface area contributed by atoms with Crippen LogP contribution in [-0.4, -0.2) is 39.8 Å². The van der Waals surface area contributed by atoms with Crippen molar-refractivity contribution >= 4 is 28.9 Å². The van der Waals surface area contributed by atoms with E-state index in [2.05, 4.69) is 0 Å². The molecule has 0 aromatic heterocycles. The molecule has 0 saturated carbocycles. The van der Waals surface area contributed by atoms with Crippen molar-refractivity contribution in [1.82, 2.24) is 0 Å². The van der Waals surface area contributed by atoms with E-state index >= 15 is 0 Å². The minimum absolute atomic E-state index is 0.0292. The van der Waals surface area contributed by atoms with E-state index in [-0.39, 0.29) is 86.9 Å². The van der Waals surface area contributed by atoms with Gasteiger partial charge in [0.05, 0.1) is 32.8 Å². The SMILES string of the molecule is CC(C)CC(=O)c1c(O)c2c(c3c1O[C@]1(C(C)C)OC4=C(C(=O)C(C)(C)C(=O)C4(C)C)[C@H]31)OC1=C(C(=O)C(C)(C)C(=O)C1(C)C)[C@@H]2CC(C)C. The fourth-order valence-electron chi connectivity index (χ4n) is 9.26. The summed E-state index contributed by atoms with van der Waals surface area (Å²) < 4.78 is 20.4. The molecule has 5 aliphatic rings. The van der Waals surface area contributed by atoms with E-state index in [9.17, 15) is 29.1 Å². The van der Waals surface area contributed by atoms with Gasteiger partial charge < -0.3 is 19.3 Å². The molecule has 1 aromatic rings. The zero-order valence-corrected chi connectivity index (χ0v) is 32.0. The molecule has 1 aromatic carbocycles. The Kier molecular flexibility index (Phi) is 7.67. The number of aromatic hydroxyl groups is 1.